The van der Waals surface area contributed by atoms with Crippen LogP contribution in [-0.4, -0.2) is 43.9 Å². The highest BCUT2D eigenvalue weighted by Gasteiger charge is 2.33. The third-order valence-electron chi connectivity index (χ3n) is 3.19. The Kier molecular flexibility index (Phi) is 3.86. The minimum absolute atomic E-state index is 0.0775. The molecule has 1 aliphatic rings. The van der Waals surface area contributed by atoms with Gasteiger partial charge in [0.25, 0.3) is 0 Å². The molecule has 1 unspecified atom stereocenters. The molecule has 1 aromatic heterocycles. The molecule has 1 aliphatic heterocycles. The summed E-state index contributed by atoms with van der Waals surface area (Å²) in [6.45, 7) is 1.34. The highest BCUT2D eigenvalue weighted by Crippen LogP contribution is 2.24. The van der Waals surface area contributed by atoms with Crippen LogP contribution in [0.5, 0.6) is 0 Å². The summed E-state index contributed by atoms with van der Waals surface area (Å²) < 4.78 is 26.5. The summed E-state index contributed by atoms with van der Waals surface area (Å²) in [7, 11) is -1.47. The first-order valence-corrected chi connectivity index (χ1v) is 7.39. The predicted octanol–water partition coefficient (Wildman–Crippen LogP) is 0.777. The van der Waals surface area contributed by atoms with E-state index in [2.05, 4.69) is 10.3 Å². The number of aromatic nitrogens is 1. The number of aromatic amines is 1. The van der Waals surface area contributed by atoms with Crippen molar-refractivity contribution in [3.8, 4) is 0 Å². The highest BCUT2D eigenvalue weighted by molar-refractivity contribution is 7.89. The molecule has 0 aliphatic carbocycles. The number of sulfonamides is 1. The summed E-state index contributed by atoms with van der Waals surface area (Å²) in [5.41, 5.74) is 0. The van der Waals surface area contributed by atoms with Crippen molar-refractivity contribution in [1.29, 1.82) is 0 Å². The van der Waals surface area contributed by atoms with Crippen LogP contribution in [0.3, 0.4) is 0 Å². The van der Waals surface area contributed by atoms with E-state index in [-0.39, 0.29) is 6.04 Å². The number of hydrogen-bond acceptors (Lipinski definition) is 3. The number of hydrogen-bond donors (Lipinski definition) is 2. The Balaban J connectivity index is 2.24. The molecular formula is C11H19N3O2S. The smallest absolute Gasteiger partial charge is 0.244 e. The summed E-state index contributed by atoms with van der Waals surface area (Å²) in [5.74, 6) is 0. The van der Waals surface area contributed by atoms with E-state index in [0.29, 0.717) is 18.0 Å². The molecule has 0 bridgehead atoms. The van der Waals surface area contributed by atoms with E-state index in [1.165, 1.54) is 0 Å². The van der Waals surface area contributed by atoms with E-state index in [0.717, 1.165) is 19.3 Å². The monoisotopic (exact) mass is 257 g/mol. The average molecular weight is 257 g/mol. The summed E-state index contributed by atoms with van der Waals surface area (Å²) in [6, 6.07) is 1.69. The lowest BCUT2D eigenvalue weighted by Gasteiger charge is -2.34. The number of H-pyrrole nitrogens is 1. The lowest BCUT2D eigenvalue weighted by molar-refractivity contribution is 0.249. The molecule has 1 aromatic rings. The molecule has 2 heterocycles. The van der Waals surface area contributed by atoms with Gasteiger partial charge in [-0.2, -0.15) is 4.31 Å². The Morgan fingerprint density at radius 3 is 3.00 bits per heavy atom. The Hall–Kier alpha value is -0.850. The van der Waals surface area contributed by atoms with Crippen LogP contribution >= 0.6 is 0 Å². The van der Waals surface area contributed by atoms with Crippen LogP contribution < -0.4 is 5.32 Å². The van der Waals surface area contributed by atoms with Crippen molar-refractivity contribution < 1.29 is 8.42 Å². The van der Waals surface area contributed by atoms with E-state index in [1.54, 1.807) is 22.8 Å². The largest absolute Gasteiger partial charge is 0.366 e. The van der Waals surface area contributed by atoms with Gasteiger partial charge in [0.05, 0.1) is 4.90 Å². The first kappa shape index (κ1) is 12.6. The maximum Gasteiger partial charge on any atom is 0.244 e. The second-order valence-electron chi connectivity index (χ2n) is 4.37. The van der Waals surface area contributed by atoms with Crippen LogP contribution in [0.2, 0.25) is 0 Å². The van der Waals surface area contributed by atoms with Gasteiger partial charge in [-0.15, -0.1) is 0 Å². The number of piperidine rings is 1. The van der Waals surface area contributed by atoms with Crippen LogP contribution in [0.1, 0.15) is 19.3 Å². The predicted molar refractivity (Wildman–Crippen MR) is 66.3 cm³/mol. The van der Waals surface area contributed by atoms with Gasteiger partial charge < -0.3 is 10.3 Å². The van der Waals surface area contributed by atoms with E-state index in [4.69, 9.17) is 0 Å². The molecule has 0 radical (unpaired) electrons. The molecule has 1 atom stereocenters. The van der Waals surface area contributed by atoms with Gasteiger partial charge in [-0.1, -0.05) is 6.42 Å². The molecule has 1 saturated heterocycles. The van der Waals surface area contributed by atoms with Gasteiger partial charge in [0.15, 0.2) is 0 Å². The molecular weight excluding hydrogens is 238 g/mol. The number of likely N-dealkylation sites (N-methyl/N-ethyl adjacent to an activating group) is 1. The fourth-order valence-corrected chi connectivity index (χ4v) is 4.00. The fraction of sp³-hybridized carbons (Fsp3) is 0.636. The Morgan fingerprint density at radius 1 is 1.53 bits per heavy atom. The molecule has 0 amide bonds. The fourth-order valence-electron chi connectivity index (χ4n) is 2.33. The molecule has 0 aromatic carbocycles. The number of rotatable bonds is 4. The van der Waals surface area contributed by atoms with Crippen LogP contribution in [-0.2, 0) is 10.0 Å². The van der Waals surface area contributed by atoms with Gasteiger partial charge in [0, 0.05) is 31.5 Å². The second-order valence-corrected chi connectivity index (χ2v) is 6.26. The van der Waals surface area contributed by atoms with E-state index >= 15 is 0 Å². The minimum atomic E-state index is -3.33. The van der Waals surface area contributed by atoms with E-state index < -0.39 is 10.0 Å². The molecule has 1 fully saturated rings. The lowest BCUT2D eigenvalue weighted by atomic mass is 10.1. The molecule has 6 heteroatoms. The number of nitrogens with zero attached hydrogens (tertiary/aromatic N) is 1. The third kappa shape index (κ3) is 2.53. The maximum atomic E-state index is 12.4. The normalized spacial score (nSPS) is 22.8. The SMILES string of the molecule is CNCC1CCCCN1S(=O)(=O)c1cc[nH]c1. The quantitative estimate of drug-likeness (QED) is 0.837. The lowest BCUT2D eigenvalue weighted by Crippen LogP contribution is -2.47. The minimum Gasteiger partial charge on any atom is -0.366 e. The summed E-state index contributed by atoms with van der Waals surface area (Å²) in [6.07, 6.45) is 6.17. The average Bonchev–Trinajstić information content (AvgIpc) is 2.84. The zero-order valence-corrected chi connectivity index (χ0v) is 10.8. The van der Waals surface area contributed by atoms with E-state index in [9.17, 15) is 8.42 Å². The van der Waals surface area contributed by atoms with Crippen molar-refractivity contribution >= 4 is 10.0 Å². The summed E-state index contributed by atoms with van der Waals surface area (Å²) in [5, 5.41) is 3.07. The van der Waals surface area contributed by atoms with Gasteiger partial charge >= 0.3 is 0 Å². The summed E-state index contributed by atoms with van der Waals surface area (Å²) in [4.78, 5) is 3.16. The molecule has 5 nitrogen and oxygen atoms in total. The Labute approximate surface area is 102 Å². The van der Waals surface area contributed by atoms with Crippen molar-refractivity contribution in [3.05, 3.63) is 18.5 Å². The molecule has 17 heavy (non-hydrogen) atoms. The van der Waals surface area contributed by atoms with Gasteiger partial charge in [0.1, 0.15) is 0 Å². The molecule has 96 valence electrons. The van der Waals surface area contributed by atoms with Crippen molar-refractivity contribution in [2.75, 3.05) is 20.1 Å². The maximum absolute atomic E-state index is 12.4. The first-order valence-electron chi connectivity index (χ1n) is 5.95. The number of nitrogens with one attached hydrogen (secondary N) is 2. The zero-order valence-electron chi connectivity index (χ0n) is 10.0. The van der Waals surface area contributed by atoms with Crippen molar-refractivity contribution in [2.24, 2.45) is 0 Å². The van der Waals surface area contributed by atoms with Crippen molar-refractivity contribution in [3.63, 3.8) is 0 Å². The molecule has 2 rings (SSSR count). The van der Waals surface area contributed by atoms with Crippen LogP contribution in [0.25, 0.3) is 0 Å². The van der Waals surface area contributed by atoms with Gasteiger partial charge in [-0.25, -0.2) is 8.42 Å². The van der Waals surface area contributed by atoms with Crippen LogP contribution in [0.4, 0.5) is 0 Å². The van der Waals surface area contributed by atoms with Crippen molar-refractivity contribution in [1.82, 2.24) is 14.6 Å². The third-order valence-corrected chi connectivity index (χ3v) is 5.14. The Morgan fingerprint density at radius 2 is 2.35 bits per heavy atom. The zero-order chi connectivity index (χ0) is 12.3. The molecule has 0 saturated carbocycles. The summed E-state index contributed by atoms with van der Waals surface area (Å²) >= 11 is 0. The van der Waals surface area contributed by atoms with Gasteiger partial charge in [-0.3, -0.25) is 0 Å². The topological polar surface area (TPSA) is 65.2 Å². The van der Waals surface area contributed by atoms with Gasteiger partial charge in [-0.05, 0) is 26.0 Å². The molecule has 0 spiro atoms. The van der Waals surface area contributed by atoms with Crippen LogP contribution in [0, 0.1) is 0 Å². The molecule has 2 N–H and O–H groups in total. The second kappa shape index (κ2) is 5.20. The van der Waals surface area contributed by atoms with E-state index in [1.807, 2.05) is 7.05 Å². The Bertz CT molecular complexity index is 439. The highest BCUT2D eigenvalue weighted by atomic mass is 32.2. The van der Waals surface area contributed by atoms with Gasteiger partial charge in [0.2, 0.25) is 10.0 Å². The van der Waals surface area contributed by atoms with Crippen molar-refractivity contribution in [2.45, 2.75) is 30.2 Å². The standard InChI is InChI=1S/C11H19N3O2S/c1-12-8-10-4-2-3-7-14(10)17(15,16)11-5-6-13-9-11/h5-6,9-10,12-13H,2-4,7-8H2,1H3. The first-order chi connectivity index (χ1) is 8.16. The van der Waals surface area contributed by atoms with Crippen LogP contribution in [0.15, 0.2) is 23.4 Å².